The van der Waals surface area contributed by atoms with E-state index in [1.165, 1.54) is 0 Å². The van der Waals surface area contributed by atoms with Gasteiger partial charge in [0.15, 0.2) is 11.1 Å². The highest BCUT2D eigenvalue weighted by Crippen LogP contribution is 2.23. The Labute approximate surface area is 69.4 Å². The van der Waals surface area contributed by atoms with Crippen LogP contribution in [-0.2, 0) is 15.8 Å². The van der Waals surface area contributed by atoms with Crippen molar-refractivity contribution in [1.29, 1.82) is 0 Å². The van der Waals surface area contributed by atoms with E-state index in [1.54, 1.807) is 7.11 Å². The highest BCUT2D eigenvalue weighted by Gasteiger charge is 2.28. The topological polar surface area (TPSA) is 46.5 Å². The maximum atomic E-state index is 10.8. The lowest BCUT2D eigenvalue weighted by molar-refractivity contribution is 0.0734. The van der Waals surface area contributed by atoms with Gasteiger partial charge in [-0.25, -0.2) is 4.21 Å². The van der Waals surface area contributed by atoms with Crippen LogP contribution in [0.5, 0.6) is 0 Å². The molecule has 11 heavy (non-hydrogen) atoms. The number of methoxy groups -OCH3 is 1. The largest absolute Gasteiger partial charge is 0.380 e. The number of ether oxygens (including phenoxy) is 1. The Morgan fingerprint density at radius 1 is 1.45 bits per heavy atom. The van der Waals surface area contributed by atoms with Crippen LogP contribution in [0, 0.1) is 0 Å². The Hall–Kier alpha value is 0.0700. The Kier molecular flexibility index (Phi) is 3.48. The van der Waals surface area contributed by atoms with Gasteiger partial charge in [0.1, 0.15) is 0 Å². The number of hydrogen-bond donors (Lipinski definition) is 1. The second-order valence-corrected chi connectivity index (χ2v) is 4.03. The molecular formula is C7H14O3S. The fourth-order valence-electron chi connectivity index (χ4n) is 1.56. The minimum absolute atomic E-state index is 0.00502. The molecule has 3 nitrogen and oxygen atoms in total. The van der Waals surface area contributed by atoms with Crippen molar-refractivity contribution in [3.63, 3.8) is 0 Å². The maximum Gasteiger partial charge on any atom is 0.158 e. The summed E-state index contributed by atoms with van der Waals surface area (Å²) in [5, 5.41) is -0.159. The van der Waals surface area contributed by atoms with Crippen LogP contribution in [-0.4, -0.2) is 27.2 Å². The SMILES string of the molecule is CO[C@H]1CCCC[C@H]1S(=O)O. The zero-order valence-electron chi connectivity index (χ0n) is 6.66. The number of hydrogen-bond acceptors (Lipinski definition) is 2. The van der Waals surface area contributed by atoms with Crippen LogP contribution in [0.3, 0.4) is 0 Å². The Balaban J connectivity index is 2.51. The van der Waals surface area contributed by atoms with E-state index in [0.717, 1.165) is 25.7 Å². The standard InChI is InChI=1S/C7H14O3S/c1-10-6-4-2-3-5-7(6)11(8)9/h6-7H,2-5H2,1H3,(H,8,9)/t6-,7+/m0/s1. The second-order valence-electron chi connectivity index (χ2n) is 2.87. The summed E-state index contributed by atoms with van der Waals surface area (Å²) in [6, 6.07) is 0. The summed E-state index contributed by atoms with van der Waals surface area (Å²) in [7, 11) is 1.61. The zero-order valence-corrected chi connectivity index (χ0v) is 7.47. The van der Waals surface area contributed by atoms with Gasteiger partial charge in [-0.2, -0.15) is 0 Å². The van der Waals surface area contributed by atoms with Crippen molar-refractivity contribution >= 4 is 11.1 Å². The molecule has 0 bridgehead atoms. The summed E-state index contributed by atoms with van der Waals surface area (Å²) in [5.74, 6) is 0. The van der Waals surface area contributed by atoms with Crippen LogP contribution in [0.2, 0.25) is 0 Å². The predicted molar refractivity (Wildman–Crippen MR) is 43.8 cm³/mol. The Morgan fingerprint density at radius 2 is 2.09 bits per heavy atom. The fraction of sp³-hybridized carbons (Fsp3) is 1.00. The highest BCUT2D eigenvalue weighted by molar-refractivity contribution is 7.79. The molecule has 3 atom stereocenters. The first-order chi connectivity index (χ1) is 5.25. The molecule has 0 aromatic heterocycles. The third kappa shape index (κ3) is 2.25. The van der Waals surface area contributed by atoms with Gasteiger partial charge in [-0.05, 0) is 12.8 Å². The smallest absolute Gasteiger partial charge is 0.158 e. The van der Waals surface area contributed by atoms with Gasteiger partial charge < -0.3 is 9.29 Å². The normalized spacial score (nSPS) is 35.1. The summed E-state index contributed by atoms with van der Waals surface area (Å²) >= 11 is -1.71. The second kappa shape index (κ2) is 4.18. The van der Waals surface area contributed by atoms with Crippen molar-refractivity contribution in [3.8, 4) is 0 Å². The zero-order chi connectivity index (χ0) is 8.27. The van der Waals surface area contributed by atoms with E-state index in [4.69, 9.17) is 9.29 Å². The lowest BCUT2D eigenvalue weighted by Gasteiger charge is -2.27. The van der Waals surface area contributed by atoms with Crippen LogP contribution in [0.25, 0.3) is 0 Å². The van der Waals surface area contributed by atoms with Gasteiger partial charge >= 0.3 is 0 Å². The molecule has 0 radical (unpaired) electrons. The van der Waals surface area contributed by atoms with Crippen molar-refractivity contribution < 1.29 is 13.5 Å². The highest BCUT2D eigenvalue weighted by atomic mass is 32.2. The molecule has 0 aromatic rings. The van der Waals surface area contributed by atoms with Gasteiger partial charge in [-0.1, -0.05) is 12.8 Å². The number of rotatable bonds is 2. The van der Waals surface area contributed by atoms with Crippen molar-refractivity contribution in [2.24, 2.45) is 0 Å². The van der Waals surface area contributed by atoms with Gasteiger partial charge in [0.2, 0.25) is 0 Å². The molecular weight excluding hydrogens is 164 g/mol. The molecule has 0 heterocycles. The van der Waals surface area contributed by atoms with Gasteiger partial charge in [0.05, 0.1) is 11.4 Å². The average molecular weight is 178 g/mol. The molecule has 1 aliphatic carbocycles. The summed E-state index contributed by atoms with van der Waals surface area (Å²) in [6.07, 6.45) is 3.91. The molecule has 0 spiro atoms. The third-order valence-electron chi connectivity index (χ3n) is 2.20. The fourth-order valence-corrected chi connectivity index (χ4v) is 2.44. The first kappa shape index (κ1) is 9.16. The summed E-state index contributed by atoms with van der Waals surface area (Å²) in [5.41, 5.74) is 0. The van der Waals surface area contributed by atoms with Crippen molar-refractivity contribution in [3.05, 3.63) is 0 Å². The van der Waals surface area contributed by atoms with E-state index in [0.29, 0.717) is 0 Å². The van der Waals surface area contributed by atoms with E-state index in [2.05, 4.69) is 0 Å². The Morgan fingerprint density at radius 3 is 2.55 bits per heavy atom. The first-order valence-corrected chi connectivity index (χ1v) is 5.05. The van der Waals surface area contributed by atoms with Gasteiger partial charge in [0.25, 0.3) is 0 Å². The quantitative estimate of drug-likeness (QED) is 0.645. The minimum atomic E-state index is -1.71. The molecule has 1 rings (SSSR count). The molecule has 0 aliphatic heterocycles. The van der Waals surface area contributed by atoms with Crippen LogP contribution in [0.1, 0.15) is 25.7 Å². The Bertz CT molecular complexity index is 149. The average Bonchev–Trinajstić information content (AvgIpc) is 2.04. The van der Waals surface area contributed by atoms with Crippen LogP contribution in [0.4, 0.5) is 0 Å². The third-order valence-corrected chi connectivity index (χ3v) is 3.26. The van der Waals surface area contributed by atoms with E-state index >= 15 is 0 Å². The molecule has 4 heteroatoms. The molecule has 0 amide bonds. The van der Waals surface area contributed by atoms with Crippen LogP contribution in [0.15, 0.2) is 0 Å². The summed E-state index contributed by atoms with van der Waals surface area (Å²) < 4.78 is 24.7. The van der Waals surface area contributed by atoms with E-state index in [1.807, 2.05) is 0 Å². The van der Waals surface area contributed by atoms with Crippen LogP contribution < -0.4 is 0 Å². The van der Waals surface area contributed by atoms with Crippen molar-refractivity contribution in [1.82, 2.24) is 0 Å². The summed E-state index contributed by atoms with van der Waals surface area (Å²) in [6.45, 7) is 0. The minimum Gasteiger partial charge on any atom is -0.380 e. The van der Waals surface area contributed by atoms with E-state index in [-0.39, 0.29) is 11.4 Å². The first-order valence-electron chi connectivity index (χ1n) is 3.88. The van der Waals surface area contributed by atoms with Crippen LogP contribution >= 0.6 is 0 Å². The van der Waals surface area contributed by atoms with Crippen molar-refractivity contribution in [2.45, 2.75) is 37.0 Å². The molecule has 0 aromatic carbocycles. The van der Waals surface area contributed by atoms with Gasteiger partial charge in [0, 0.05) is 7.11 Å². The monoisotopic (exact) mass is 178 g/mol. The molecule has 1 aliphatic rings. The van der Waals surface area contributed by atoms with E-state index in [9.17, 15) is 4.21 Å². The maximum absolute atomic E-state index is 10.8. The molecule has 1 unspecified atom stereocenters. The molecule has 1 saturated carbocycles. The van der Waals surface area contributed by atoms with Gasteiger partial charge in [-0.15, -0.1) is 0 Å². The lowest BCUT2D eigenvalue weighted by Crippen LogP contribution is -2.34. The predicted octanol–water partition coefficient (Wildman–Crippen LogP) is 1.17. The molecule has 66 valence electrons. The molecule has 1 N–H and O–H groups in total. The van der Waals surface area contributed by atoms with E-state index < -0.39 is 11.1 Å². The lowest BCUT2D eigenvalue weighted by atomic mass is 9.97. The molecule has 0 saturated heterocycles. The van der Waals surface area contributed by atoms with Crippen molar-refractivity contribution in [2.75, 3.05) is 7.11 Å². The molecule has 1 fully saturated rings. The van der Waals surface area contributed by atoms with Gasteiger partial charge in [-0.3, -0.25) is 0 Å². The summed E-state index contributed by atoms with van der Waals surface area (Å²) in [4.78, 5) is 0.